The first-order chi connectivity index (χ1) is 12.9. The Bertz CT molecular complexity index is 1070. The predicted octanol–water partition coefficient (Wildman–Crippen LogP) is 2.21. The maximum Gasteiger partial charge on any atom is 0.266 e. The van der Waals surface area contributed by atoms with Crippen LogP contribution in [0.4, 0.5) is 20.2 Å². The minimum atomic E-state index is -2.75. The zero-order valence-corrected chi connectivity index (χ0v) is 14.4. The highest BCUT2D eigenvalue weighted by molar-refractivity contribution is 5.85. The molecule has 27 heavy (non-hydrogen) atoms. The number of aromatic nitrogens is 4. The maximum atomic E-state index is 13.5. The van der Waals surface area contributed by atoms with E-state index in [-0.39, 0.29) is 18.7 Å². The molecule has 0 atom stereocenters. The number of pyridine rings is 2. The third-order valence-electron chi connectivity index (χ3n) is 4.67. The lowest BCUT2D eigenvalue weighted by atomic mass is 10.0. The molecule has 0 bridgehead atoms. The molecule has 0 aliphatic carbocycles. The summed E-state index contributed by atoms with van der Waals surface area (Å²) in [5.74, 6) is -2.75. The summed E-state index contributed by atoms with van der Waals surface area (Å²) in [5.41, 5.74) is 9.69. The molecule has 10 heteroatoms. The summed E-state index contributed by atoms with van der Waals surface area (Å²) < 4.78 is 31.6. The lowest BCUT2D eigenvalue weighted by molar-refractivity contribution is 0.0257. The number of alkyl halides is 2. The zero-order valence-electron chi connectivity index (χ0n) is 14.4. The summed E-state index contributed by atoms with van der Waals surface area (Å²) in [5, 5.41) is 16.9. The van der Waals surface area contributed by atoms with Crippen LogP contribution in [-0.2, 0) is 6.42 Å². The van der Waals surface area contributed by atoms with Gasteiger partial charge in [0, 0.05) is 36.3 Å². The predicted molar refractivity (Wildman–Crippen MR) is 92.3 cm³/mol. The van der Waals surface area contributed by atoms with E-state index in [1.807, 2.05) is 6.07 Å². The first-order valence-corrected chi connectivity index (χ1v) is 8.28. The Morgan fingerprint density at radius 2 is 2.15 bits per heavy atom. The lowest BCUT2D eigenvalue weighted by Crippen LogP contribution is -2.25. The van der Waals surface area contributed by atoms with Gasteiger partial charge in [-0.3, -0.25) is 0 Å². The van der Waals surface area contributed by atoms with E-state index in [2.05, 4.69) is 24.9 Å². The first kappa shape index (κ1) is 17.1. The molecule has 0 radical (unpaired) electrons. The quantitative estimate of drug-likeness (QED) is 0.744. The van der Waals surface area contributed by atoms with Gasteiger partial charge in [0.05, 0.1) is 17.9 Å². The van der Waals surface area contributed by atoms with E-state index in [0.29, 0.717) is 45.9 Å². The van der Waals surface area contributed by atoms with Gasteiger partial charge >= 0.3 is 0 Å². The number of nitrogens with two attached hydrogens (primary N) is 1. The Hall–Kier alpha value is -3.35. The van der Waals surface area contributed by atoms with Gasteiger partial charge in [0.2, 0.25) is 5.65 Å². The molecule has 8 nitrogen and oxygen atoms in total. The van der Waals surface area contributed by atoms with E-state index < -0.39 is 12.5 Å². The number of hydrogen-bond acceptors (Lipinski definition) is 8. The number of nitriles is 1. The molecule has 0 spiro atoms. The van der Waals surface area contributed by atoms with Crippen molar-refractivity contribution in [2.75, 3.05) is 23.7 Å². The van der Waals surface area contributed by atoms with Gasteiger partial charge in [-0.2, -0.15) is 5.26 Å². The Balaban J connectivity index is 1.67. The zero-order chi connectivity index (χ0) is 19.2. The van der Waals surface area contributed by atoms with E-state index in [1.165, 1.54) is 4.90 Å². The number of nitrogen functional groups attached to an aromatic ring is 1. The number of halogens is 2. The third-order valence-corrected chi connectivity index (χ3v) is 4.67. The monoisotopic (exact) mass is 371 g/mol. The molecule has 1 aliphatic heterocycles. The smallest absolute Gasteiger partial charge is 0.266 e. The van der Waals surface area contributed by atoms with Gasteiger partial charge < -0.3 is 10.6 Å². The van der Waals surface area contributed by atoms with Gasteiger partial charge in [-0.25, -0.2) is 23.4 Å². The standard InChI is InChI=1S/C17H15F2N7O/c1-9-11(14(21)15-16(22-9)25-27-24-15)6-10-2-3-13(12(7-20)23-10)26-5-4-17(18,19)8-26/h2-3H,4-6,8,21H2,1H3. The van der Waals surface area contributed by atoms with Crippen molar-refractivity contribution >= 4 is 22.5 Å². The highest BCUT2D eigenvalue weighted by Gasteiger charge is 2.39. The number of aryl methyl sites for hydroxylation is 1. The van der Waals surface area contributed by atoms with Crippen LogP contribution in [0.2, 0.25) is 0 Å². The van der Waals surface area contributed by atoms with E-state index in [0.717, 1.165) is 0 Å². The number of fused-ring (bicyclic) bond motifs is 1. The van der Waals surface area contributed by atoms with Crippen LogP contribution in [-0.4, -0.2) is 39.3 Å². The summed E-state index contributed by atoms with van der Waals surface area (Å²) in [4.78, 5) is 10.1. The highest BCUT2D eigenvalue weighted by atomic mass is 19.3. The highest BCUT2D eigenvalue weighted by Crippen LogP contribution is 2.32. The SMILES string of the molecule is Cc1nc2nonc2c(N)c1Cc1ccc(N2CCC(F)(F)C2)c(C#N)n1. The van der Waals surface area contributed by atoms with Gasteiger partial charge in [-0.05, 0) is 29.4 Å². The summed E-state index contributed by atoms with van der Waals surface area (Å²) in [6.07, 6.45) is 0.0886. The van der Waals surface area contributed by atoms with E-state index in [4.69, 9.17) is 5.73 Å². The van der Waals surface area contributed by atoms with Crippen LogP contribution in [0, 0.1) is 18.3 Å². The fraction of sp³-hybridized carbons (Fsp3) is 0.353. The molecule has 1 saturated heterocycles. The van der Waals surface area contributed by atoms with Crippen molar-refractivity contribution in [3.8, 4) is 6.07 Å². The number of hydrogen-bond donors (Lipinski definition) is 1. The minimum absolute atomic E-state index is 0.110. The molecule has 0 unspecified atom stereocenters. The largest absolute Gasteiger partial charge is 0.396 e. The molecule has 3 aromatic heterocycles. The van der Waals surface area contributed by atoms with Crippen molar-refractivity contribution < 1.29 is 13.4 Å². The van der Waals surface area contributed by atoms with Crippen LogP contribution in [0.5, 0.6) is 0 Å². The topological polar surface area (TPSA) is 118 Å². The molecule has 1 aliphatic rings. The van der Waals surface area contributed by atoms with Crippen LogP contribution >= 0.6 is 0 Å². The average Bonchev–Trinajstić information content (AvgIpc) is 3.24. The van der Waals surface area contributed by atoms with Gasteiger partial charge in [-0.1, -0.05) is 0 Å². The van der Waals surface area contributed by atoms with Crippen LogP contribution in [0.15, 0.2) is 16.8 Å². The molecule has 138 valence electrons. The summed E-state index contributed by atoms with van der Waals surface area (Å²) in [6, 6.07) is 5.35. The minimum Gasteiger partial charge on any atom is -0.396 e. The van der Waals surface area contributed by atoms with E-state index >= 15 is 0 Å². The molecule has 0 amide bonds. The van der Waals surface area contributed by atoms with Crippen LogP contribution < -0.4 is 10.6 Å². The van der Waals surface area contributed by atoms with Crippen LogP contribution in [0.1, 0.15) is 29.1 Å². The van der Waals surface area contributed by atoms with Crippen molar-refractivity contribution in [2.24, 2.45) is 0 Å². The molecule has 0 aromatic carbocycles. The molecular weight excluding hydrogens is 356 g/mol. The second-order valence-electron chi connectivity index (χ2n) is 6.51. The molecule has 4 rings (SSSR count). The Kier molecular flexibility index (Phi) is 3.87. The normalized spacial score (nSPS) is 16.0. The van der Waals surface area contributed by atoms with Crippen molar-refractivity contribution in [3.63, 3.8) is 0 Å². The first-order valence-electron chi connectivity index (χ1n) is 8.28. The number of anilines is 2. The van der Waals surface area contributed by atoms with Gasteiger partial charge in [-0.15, -0.1) is 0 Å². The van der Waals surface area contributed by atoms with E-state index in [1.54, 1.807) is 19.1 Å². The Morgan fingerprint density at radius 3 is 2.85 bits per heavy atom. The molecule has 2 N–H and O–H groups in total. The van der Waals surface area contributed by atoms with Gasteiger partial charge in [0.15, 0.2) is 11.2 Å². The van der Waals surface area contributed by atoms with Crippen LogP contribution in [0.25, 0.3) is 11.2 Å². The molecule has 0 saturated carbocycles. The molecular formula is C17H15F2N7O. The van der Waals surface area contributed by atoms with Crippen LogP contribution in [0.3, 0.4) is 0 Å². The molecule has 1 fully saturated rings. The Labute approximate surface area is 152 Å². The summed E-state index contributed by atoms with van der Waals surface area (Å²) >= 11 is 0. The second kappa shape index (κ2) is 6.12. The maximum absolute atomic E-state index is 13.5. The summed E-state index contributed by atoms with van der Waals surface area (Å²) in [7, 11) is 0. The molecule has 4 heterocycles. The van der Waals surface area contributed by atoms with Crippen molar-refractivity contribution in [3.05, 3.63) is 34.8 Å². The number of nitrogens with zero attached hydrogens (tertiary/aromatic N) is 6. The van der Waals surface area contributed by atoms with Crippen molar-refractivity contribution in [2.45, 2.75) is 25.7 Å². The fourth-order valence-electron chi connectivity index (χ4n) is 3.26. The Morgan fingerprint density at radius 1 is 1.33 bits per heavy atom. The second-order valence-corrected chi connectivity index (χ2v) is 6.51. The lowest BCUT2D eigenvalue weighted by Gasteiger charge is -2.19. The third kappa shape index (κ3) is 3.01. The van der Waals surface area contributed by atoms with E-state index in [9.17, 15) is 14.0 Å². The van der Waals surface area contributed by atoms with Gasteiger partial charge in [0.1, 0.15) is 6.07 Å². The van der Waals surface area contributed by atoms with Gasteiger partial charge in [0.25, 0.3) is 5.92 Å². The summed E-state index contributed by atoms with van der Waals surface area (Å²) in [6.45, 7) is 1.56. The fourth-order valence-corrected chi connectivity index (χ4v) is 3.26. The average molecular weight is 371 g/mol. The van der Waals surface area contributed by atoms with Crippen molar-refractivity contribution in [1.29, 1.82) is 5.26 Å². The van der Waals surface area contributed by atoms with Crippen molar-refractivity contribution in [1.82, 2.24) is 20.3 Å². The number of rotatable bonds is 3. The molecule has 3 aromatic rings.